The number of hydrogen-bond donors (Lipinski definition) is 0. The molecule has 0 N–H and O–H groups in total. The molecule has 1 amide bonds. The number of amides is 1. The molecule has 4 nitrogen and oxygen atoms in total. The van der Waals surface area contributed by atoms with Crippen LogP contribution in [0.25, 0.3) is 0 Å². The summed E-state index contributed by atoms with van der Waals surface area (Å²) in [6.45, 7) is 6.46. The van der Waals surface area contributed by atoms with Crippen LogP contribution in [0, 0.1) is 6.92 Å². The minimum Gasteiger partial charge on any atom is -0.443 e. The van der Waals surface area contributed by atoms with Crippen molar-refractivity contribution < 1.29 is 9.53 Å². The third-order valence-corrected chi connectivity index (χ3v) is 2.69. The molecule has 1 saturated heterocycles. The van der Waals surface area contributed by atoms with Gasteiger partial charge >= 0.3 is 6.09 Å². The normalized spacial score (nSPS) is 19.4. The molecule has 1 aromatic rings. The minimum absolute atomic E-state index is 0.312. The molecule has 4 heteroatoms. The lowest BCUT2D eigenvalue weighted by molar-refractivity contribution is 0.0234. The summed E-state index contributed by atoms with van der Waals surface area (Å²) in [7, 11) is 0. The average Bonchev–Trinajstić information content (AvgIpc) is 2.19. The van der Waals surface area contributed by atoms with Gasteiger partial charge in [0.1, 0.15) is 11.4 Å². The maximum atomic E-state index is 11.8. The molecule has 0 aromatic carbocycles. The summed E-state index contributed by atoms with van der Waals surface area (Å²) in [5.41, 5.74) is 0.715. The van der Waals surface area contributed by atoms with Crippen LogP contribution >= 0.6 is 0 Å². The average molecular weight is 220 g/mol. The van der Waals surface area contributed by atoms with E-state index in [1.165, 1.54) is 0 Å². The summed E-state index contributed by atoms with van der Waals surface area (Å²) in [5, 5.41) is 0. The number of pyridine rings is 1. The standard InChI is InChI=1S/C12H16N2O2/c1-9-4-5-10(13-8-9)14-7-6-12(2,3)16-11(14)15/h4-5,8H,6-7H2,1-3H3. The van der Waals surface area contributed by atoms with Crippen LogP contribution in [0.3, 0.4) is 0 Å². The first-order chi connectivity index (χ1) is 7.48. The van der Waals surface area contributed by atoms with Gasteiger partial charge in [-0.25, -0.2) is 9.78 Å². The molecule has 0 unspecified atom stereocenters. The number of carbonyl (C=O) groups is 1. The van der Waals surface area contributed by atoms with Crippen LogP contribution in [0.2, 0.25) is 0 Å². The fourth-order valence-electron chi connectivity index (χ4n) is 1.64. The number of aromatic nitrogens is 1. The van der Waals surface area contributed by atoms with Crippen LogP contribution in [0.15, 0.2) is 18.3 Å². The highest BCUT2D eigenvalue weighted by Gasteiger charge is 2.33. The molecule has 0 bridgehead atoms. The van der Waals surface area contributed by atoms with Crippen molar-refractivity contribution in [2.45, 2.75) is 32.8 Å². The lowest BCUT2D eigenvalue weighted by Crippen LogP contribution is -2.46. The number of nitrogens with zero attached hydrogens (tertiary/aromatic N) is 2. The number of carbonyl (C=O) groups excluding carboxylic acids is 1. The van der Waals surface area contributed by atoms with E-state index in [-0.39, 0.29) is 11.7 Å². The number of hydrogen-bond acceptors (Lipinski definition) is 3. The van der Waals surface area contributed by atoms with Gasteiger partial charge in [0.05, 0.1) is 0 Å². The molecule has 1 fully saturated rings. The van der Waals surface area contributed by atoms with Crippen molar-refractivity contribution in [2.24, 2.45) is 0 Å². The Kier molecular flexibility index (Phi) is 2.58. The number of ether oxygens (including phenoxy) is 1. The van der Waals surface area contributed by atoms with E-state index in [2.05, 4.69) is 4.98 Å². The molecule has 2 heterocycles. The van der Waals surface area contributed by atoms with Crippen molar-refractivity contribution in [3.05, 3.63) is 23.9 Å². The first-order valence-electron chi connectivity index (χ1n) is 5.41. The van der Waals surface area contributed by atoms with Crippen LogP contribution in [0.5, 0.6) is 0 Å². The Balaban J connectivity index is 2.17. The number of cyclic esters (lactones) is 1. The van der Waals surface area contributed by atoms with Gasteiger partial charge in [-0.1, -0.05) is 6.07 Å². The number of aryl methyl sites for hydroxylation is 1. The second-order valence-electron chi connectivity index (χ2n) is 4.72. The van der Waals surface area contributed by atoms with Crippen molar-refractivity contribution in [3.8, 4) is 0 Å². The molecule has 1 aromatic heterocycles. The lowest BCUT2D eigenvalue weighted by Gasteiger charge is -2.35. The highest BCUT2D eigenvalue weighted by Crippen LogP contribution is 2.25. The monoisotopic (exact) mass is 220 g/mol. The summed E-state index contributed by atoms with van der Waals surface area (Å²) >= 11 is 0. The highest BCUT2D eigenvalue weighted by atomic mass is 16.6. The smallest absolute Gasteiger partial charge is 0.416 e. The van der Waals surface area contributed by atoms with Gasteiger partial charge in [0.25, 0.3) is 0 Å². The van der Waals surface area contributed by atoms with E-state index >= 15 is 0 Å². The first-order valence-corrected chi connectivity index (χ1v) is 5.41. The highest BCUT2D eigenvalue weighted by molar-refractivity contribution is 5.87. The molecule has 2 rings (SSSR count). The molecule has 0 saturated carbocycles. The van der Waals surface area contributed by atoms with Crippen LogP contribution < -0.4 is 4.90 Å². The maximum Gasteiger partial charge on any atom is 0.416 e. The first kappa shape index (κ1) is 10.9. The zero-order chi connectivity index (χ0) is 11.8. The Labute approximate surface area is 95.2 Å². The summed E-state index contributed by atoms with van der Waals surface area (Å²) in [5.74, 6) is 0.658. The van der Waals surface area contributed by atoms with Crippen molar-refractivity contribution in [3.63, 3.8) is 0 Å². The van der Waals surface area contributed by atoms with Gasteiger partial charge in [0.15, 0.2) is 0 Å². The molecule has 16 heavy (non-hydrogen) atoms. The van der Waals surface area contributed by atoms with Crippen LogP contribution in [-0.4, -0.2) is 23.2 Å². The Bertz CT molecular complexity index is 398. The van der Waals surface area contributed by atoms with Crippen LogP contribution in [0.4, 0.5) is 10.6 Å². The number of rotatable bonds is 1. The minimum atomic E-state index is -0.363. The van der Waals surface area contributed by atoms with Crippen molar-refractivity contribution in [1.29, 1.82) is 0 Å². The lowest BCUT2D eigenvalue weighted by atomic mass is 10.0. The Hall–Kier alpha value is -1.58. The molecule has 1 aliphatic rings. The molecule has 0 radical (unpaired) electrons. The van der Waals surface area contributed by atoms with Gasteiger partial charge in [0, 0.05) is 19.2 Å². The molecular weight excluding hydrogens is 204 g/mol. The molecule has 86 valence electrons. The van der Waals surface area contributed by atoms with Gasteiger partial charge < -0.3 is 4.74 Å². The molecule has 0 aliphatic carbocycles. The van der Waals surface area contributed by atoms with Gasteiger partial charge in [-0.15, -0.1) is 0 Å². The van der Waals surface area contributed by atoms with Crippen molar-refractivity contribution in [1.82, 2.24) is 4.98 Å². The molecule has 0 atom stereocenters. The second-order valence-corrected chi connectivity index (χ2v) is 4.72. The van der Waals surface area contributed by atoms with E-state index in [0.29, 0.717) is 12.4 Å². The number of anilines is 1. The van der Waals surface area contributed by atoms with Crippen molar-refractivity contribution in [2.75, 3.05) is 11.4 Å². The van der Waals surface area contributed by atoms with E-state index in [1.54, 1.807) is 11.1 Å². The predicted octanol–water partition coefficient (Wildman–Crippen LogP) is 2.52. The fourth-order valence-corrected chi connectivity index (χ4v) is 1.64. The maximum absolute atomic E-state index is 11.8. The van der Waals surface area contributed by atoms with E-state index in [1.807, 2.05) is 32.9 Å². The zero-order valence-electron chi connectivity index (χ0n) is 9.86. The van der Waals surface area contributed by atoms with Gasteiger partial charge in [0.2, 0.25) is 0 Å². The van der Waals surface area contributed by atoms with Gasteiger partial charge in [-0.05, 0) is 32.4 Å². The Morgan fingerprint density at radius 2 is 2.19 bits per heavy atom. The van der Waals surface area contributed by atoms with E-state index in [4.69, 9.17) is 4.74 Å². The zero-order valence-corrected chi connectivity index (χ0v) is 9.86. The molecule has 1 aliphatic heterocycles. The van der Waals surface area contributed by atoms with Gasteiger partial charge in [-0.2, -0.15) is 0 Å². The topological polar surface area (TPSA) is 42.4 Å². The molecular formula is C12H16N2O2. The van der Waals surface area contributed by atoms with E-state index in [0.717, 1.165) is 12.0 Å². The second kappa shape index (κ2) is 3.77. The van der Waals surface area contributed by atoms with E-state index in [9.17, 15) is 4.79 Å². The van der Waals surface area contributed by atoms with Crippen molar-refractivity contribution >= 4 is 11.9 Å². The van der Waals surface area contributed by atoms with Crippen LogP contribution in [-0.2, 0) is 4.74 Å². The summed E-state index contributed by atoms with van der Waals surface area (Å²) in [6.07, 6.45) is 2.25. The van der Waals surface area contributed by atoms with E-state index < -0.39 is 0 Å². The Morgan fingerprint density at radius 1 is 1.44 bits per heavy atom. The third kappa shape index (κ3) is 2.15. The van der Waals surface area contributed by atoms with Gasteiger partial charge in [-0.3, -0.25) is 4.90 Å². The van der Waals surface area contributed by atoms with Crippen LogP contribution in [0.1, 0.15) is 25.8 Å². The fraction of sp³-hybridized carbons (Fsp3) is 0.500. The largest absolute Gasteiger partial charge is 0.443 e. The summed E-state index contributed by atoms with van der Waals surface area (Å²) in [4.78, 5) is 17.6. The predicted molar refractivity (Wildman–Crippen MR) is 61.5 cm³/mol. The summed E-state index contributed by atoms with van der Waals surface area (Å²) in [6, 6.07) is 3.78. The quantitative estimate of drug-likeness (QED) is 0.730. The molecule has 0 spiro atoms. The Morgan fingerprint density at radius 3 is 2.75 bits per heavy atom. The third-order valence-electron chi connectivity index (χ3n) is 2.69. The summed E-state index contributed by atoms with van der Waals surface area (Å²) < 4.78 is 5.32. The SMILES string of the molecule is Cc1ccc(N2CCC(C)(C)OC2=O)nc1.